The van der Waals surface area contributed by atoms with E-state index in [4.69, 9.17) is 5.11 Å². The molecular formula is C6H9IO2. The van der Waals surface area contributed by atoms with Gasteiger partial charge in [-0.15, -0.1) is 0 Å². The van der Waals surface area contributed by atoms with E-state index in [1.54, 1.807) is 0 Å². The standard InChI is InChI=1S/C6H9IO2/c1-4(2)5(7)3-6(8)9/h3-4H,1-2H3,(H,8,9)/b5-3-. The molecule has 0 aliphatic carbocycles. The van der Waals surface area contributed by atoms with Crippen molar-refractivity contribution in [3.8, 4) is 0 Å². The van der Waals surface area contributed by atoms with Crippen molar-refractivity contribution in [2.24, 2.45) is 5.92 Å². The molecule has 0 saturated heterocycles. The van der Waals surface area contributed by atoms with Crippen LogP contribution in [0.5, 0.6) is 0 Å². The molecule has 0 amide bonds. The summed E-state index contributed by atoms with van der Waals surface area (Å²) in [5.41, 5.74) is 0. The Morgan fingerprint density at radius 3 is 2.22 bits per heavy atom. The van der Waals surface area contributed by atoms with Gasteiger partial charge in [-0.25, -0.2) is 4.79 Å². The third kappa shape index (κ3) is 4.44. The summed E-state index contributed by atoms with van der Waals surface area (Å²) in [5.74, 6) is -0.546. The highest BCUT2D eigenvalue weighted by Crippen LogP contribution is 2.16. The Kier molecular flexibility index (Phi) is 3.84. The van der Waals surface area contributed by atoms with Gasteiger partial charge in [-0.05, 0) is 28.5 Å². The summed E-state index contributed by atoms with van der Waals surface area (Å²) in [7, 11) is 0. The first-order valence-electron chi connectivity index (χ1n) is 2.64. The highest BCUT2D eigenvalue weighted by Gasteiger charge is 1.99. The van der Waals surface area contributed by atoms with Gasteiger partial charge in [-0.1, -0.05) is 13.8 Å². The summed E-state index contributed by atoms with van der Waals surface area (Å²) in [6, 6.07) is 0. The van der Waals surface area contributed by atoms with Crippen LogP contribution < -0.4 is 0 Å². The van der Waals surface area contributed by atoms with Gasteiger partial charge in [0.25, 0.3) is 0 Å². The van der Waals surface area contributed by atoms with E-state index in [0.29, 0.717) is 5.92 Å². The van der Waals surface area contributed by atoms with Crippen LogP contribution in [0.3, 0.4) is 0 Å². The molecule has 2 nitrogen and oxygen atoms in total. The predicted octanol–water partition coefficient (Wildman–Crippen LogP) is 2.05. The molecule has 0 radical (unpaired) electrons. The summed E-state index contributed by atoms with van der Waals surface area (Å²) >= 11 is 2.03. The molecule has 0 aromatic heterocycles. The topological polar surface area (TPSA) is 37.3 Å². The maximum atomic E-state index is 10.0. The number of hydrogen-bond acceptors (Lipinski definition) is 1. The second-order valence-electron chi connectivity index (χ2n) is 2.02. The molecule has 0 atom stereocenters. The Hall–Kier alpha value is -0.0600. The molecule has 0 fully saturated rings. The Bertz CT molecular complexity index is 138. The first kappa shape index (κ1) is 8.94. The summed E-state index contributed by atoms with van der Waals surface area (Å²) in [5, 5.41) is 8.25. The van der Waals surface area contributed by atoms with E-state index in [1.165, 1.54) is 6.08 Å². The fraction of sp³-hybridized carbons (Fsp3) is 0.500. The minimum absolute atomic E-state index is 0.321. The lowest BCUT2D eigenvalue weighted by Crippen LogP contribution is -1.92. The van der Waals surface area contributed by atoms with E-state index in [0.717, 1.165) is 3.58 Å². The Morgan fingerprint density at radius 1 is 1.67 bits per heavy atom. The molecule has 0 unspecified atom stereocenters. The van der Waals surface area contributed by atoms with Crippen LogP contribution in [0.4, 0.5) is 0 Å². The van der Waals surface area contributed by atoms with Crippen molar-refractivity contribution in [1.82, 2.24) is 0 Å². The van der Waals surface area contributed by atoms with Gasteiger partial charge in [0, 0.05) is 9.66 Å². The van der Waals surface area contributed by atoms with Gasteiger partial charge in [0.05, 0.1) is 0 Å². The van der Waals surface area contributed by atoms with Crippen molar-refractivity contribution >= 4 is 28.6 Å². The van der Waals surface area contributed by atoms with Crippen LogP contribution in [0.25, 0.3) is 0 Å². The monoisotopic (exact) mass is 240 g/mol. The molecule has 0 heterocycles. The van der Waals surface area contributed by atoms with Crippen molar-refractivity contribution < 1.29 is 9.90 Å². The summed E-state index contributed by atoms with van der Waals surface area (Å²) in [4.78, 5) is 10.0. The number of rotatable bonds is 2. The second kappa shape index (κ2) is 3.87. The van der Waals surface area contributed by atoms with Crippen molar-refractivity contribution in [3.63, 3.8) is 0 Å². The summed E-state index contributed by atoms with van der Waals surface area (Å²) in [6.45, 7) is 3.92. The molecule has 0 aliphatic heterocycles. The summed E-state index contributed by atoms with van der Waals surface area (Å²) in [6.07, 6.45) is 1.23. The zero-order valence-electron chi connectivity index (χ0n) is 5.39. The molecule has 0 saturated carbocycles. The van der Waals surface area contributed by atoms with E-state index in [1.807, 2.05) is 36.4 Å². The number of carboxylic acid groups (broad SMARTS) is 1. The minimum Gasteiger partial charge on any atom is -0.478 e. The second-order valence-corrected chi connectivity index (χ2v) is 3.27. The van der Waals surface area contributed by atoms with Gasteiger partial charge >= 0.3 is 5.97 Å². The van der Waals surface area contributed by atoms with Gasteiger partial charge in [-0.2, -0.15) is 0 Å². The SMILES string of the molecule is CC(C)/C(I)=C/C(=O)O. The van der Waals surface area contributed by atoms with Gasteiger partial charge in [0.1, 0.15) is 0 Å². The number of carbonyl (C=O) groups is 1. The Balaban J connectivity index is 4.00. The number of hydrogen-bond donors (Lipinski definition) is 1. The van der Waals surface area contributed by atoms with E-state index < -0.39 is 5.97 Å². The zero-order chi connectivity index (χ0) is 7.44. The maximum absolute atomic E-state index is 10.0. The fourth-order valence-corrected chi connectivity index (χ4v) is 0.551. The lowest BCUT2D eigenvalue weighted by atomic mass is 10.2. The first-order chi connectivity index (χ1) is 4.04. The Morgan fingerprint density at radius 2 is 2.11 bits per heavy atom. The van der Waals surface area contributed by atoms with E-state index >= 15 is 0 Å². The van der Waals surface area contributed by atoms with Gasteiger partial charge in [-0.3, -0.25) is 0 Å². The van der Waals surface area contributed by atoms with Crippen LogP contribution in [0.1, 0.15) is 13.8 Å². The fourth-order valence-electron chi connectivity index (χ4n) is 0.285. The minimum atomic E-state index is -0.867. The predicted molar refractivity (Wildman–Crippen MR) is 44.6 cm³/mol. The molecular weight excluding hydrogens is 231 g/mol. The first-order valence-corrected chi connectivity index (χ1v) is 3.72. The lowest BCUT2D eigenvalue weighted by molar-refractivity contribution is -0.131. The number of halogens is 1. The molecule has 0 rings (SSSR count). The van der Waals surface area contributed by atoms with E-state index in [2.05, 4.69) is 0 Å². The Labute approximate surface area is 68.1 Å². The lowest BCUT2D eigenvalue weighted by Gasteiger charge is -1.98. The highest BCUT2D eigenvalue weighted by molar-refractivity contribution is 14.1. The molecule has 9 heavy (non-hydrogen) atoms. The van der Waals surface area contributed by atoms with Crippen molar-refractivity contribution in [2.45, 2.75) is 13.8 Å². The van der Waals surface area contributed by atoms with Crippen LogP contribution >= 0.6 is 22.6 Å². The molecule has 0 aromatic carbocycles. The normalized spacial score (nSPS) is 12.2. The molecule has 0 aromatic rings. The zero-order valence-corrected chi connectivity index (χ0v) is 7.55. The van der Waals surface area contributed by atoms with Crippen molar-refractivity contribution in [1.29, 1.82) is 0 Å². The van der Waals surface area contributed by atoms with Crippen LogP contribution in [0.2, 0.25) is 0 Å². The molecule has 52 valence electrons. The highest BCUT2D eigenvalue weighted by atomic mass is 127. The van der Waals surface area contributed by atoms with Crippen LogP contribution in [-0.2, 0) is 4.79 Å². The van der Waals surface area contributed by atoms with Crippen LogP contribution in [0.15, 0.2) is 9.66 Å². The van der Waals surface area contributed by atoms with Crippen molar-refractivity contribution in [3.05, 3.63) is 9.66 Å². The number of allylic oxidation sites excluding steroid dienone is 1. The third-order valence-corrected chi connectivity index (χ3v) is 2.37. The smallest absolute Gasteiger partial charge is 0.329 e. The van der Waals surface area contributed by atoms with Gasteiger partial charge in [0.15, 0.2) is 0 Å². The van der Waals surface area contributed by atoms with E-state index in [-0.39, 0.29) is 0 Å². The number of carboxylic acids is 1. The van der Waals surface area contributed by atoms with Crippen LogP contribution in [-0.4, -0.2) is 11.1 Å². The molecule has 0 spiro atoms. The largest absolute Gasteiger partial charge is 0.478 e. The maximum Gasteiger partial charge on any atom is 0.329 e. The average molecular weight is 240 g/mol. The average Bonchev–Trinajstić information content (AvgIpc) is 1.63. The van der Waals surface area contributed by atoms with Gasteiger partial charge in [0.2, 0.25) is 0 Å². The van der Waals surface area contributed by atoms with E-state index in [9.17, 15) is 4.79 Å². The molecule has 0 aliphatic rings. The molecule has 1 N–H and O–H groups in total. The number of aliphatic carboxylic acids is 1. The van der Waals surface area contributed by atoms with Crippen LogP contribution in [0, 0.1) is 5.92 Å². The summed E-state index contributed by atoms with van der Waals surface area (Å²) < 4.78 is 0.875. The third-order valence-electron chi connectivity index (χ3n) is 0.813. The molecule has 3 heteroatoms. The van der Waals surface area contributed by atoms with Crippen molar-refractivity contribution in [2.75, 3.05) is 0 Å². The van der Waals surface area contributed by atoms with Gasteiger partial charge < -0.3 is 5.11 Å². The quantitative estimate of drug-likeness (QED) is 0.592. The molecule has 0 bridgehead atoms.